The minimum absolute atomic E-state index is 0.125. The summed E-state index contributed by atoms with van der Waals surface area (Å²) in [6, 6.07) is 9.65. The molecule has 0 spiro atoms. The lowest BCUT2D eigenvalue weighted by Gasteiger charge is -2.16. The molecule has 0 aliphatic carbocycles. The number of fused-ring (bicyclic) bond motifs is 1. The van der Waals surface area contributed by atoms with Crippen LogP contribution in [0.5, 0.6) is 0 Å². The van der Waals surface area contributed by atoms with Crippen LogP contribution in [0, 0.1) is 0 Å². The number of amides is 2. The highest BCUT2D eigenvalue weighted by Gasteiger charge is 2.29. The predicted octanol–water partition coefficient (Wildman–Crippen LogP) is 1.20. The number of benzene rings is 1. The van der Waals surface area contributed by atoms with Crippen LogP contribution in [0.2, 0.25) is 0 Å². The first-order valence-electron chi connectivity index (χ1n) is 6.65. The average molecular weight is 315 g/mol. The maximum absolute atomic E-state index is 11.8. The second-order valence-electron chi connectivity index (χ2n) is 4.63. The predicted molar refractivity (Wildman–Crippen MR) is 83.1 cm³/mol. The molecule has 112 valence electrons. The van der Waals surface area contributed by atoms with Crippen LogP contribution < -0.4 is 10.6 Å². The summed E-state index contributed by atoms with van der Waals surface area (Å²) in [4.78, 5) is 27.8. The third-order valence-corrected chi connectivity index (χ3v) is 3.93. The van der Waals surface area contributed by atoms with Gasteiger partial charge in [-0.15, -0.1) is 0 Å². The van der Waals surface area contributed by atoms with E-state index in [4.69, 9.17) is 0 Å². The zero-order valence-corrected chi connectivity index (χ0v) is 12.3. The minimum atomic E-state index is -0.566. The fourth-order valence-corrected chi connectivity index (χ4v) is 2.64. The Labute approximate surface area is 131 Å². The fourth-order valence-electron chi connectivity index (χ4n) is 1.93. The third-order valence-electron chi connectivity index (χ3n) is 3.05. The molecule has 0 fully saturated rings. The SMILES string of the molecule is O=C(CSC1=NC2N=NC=C2C(=O)N1)NCc1ccccc1. The van der Waals surface area contributed by atoms with Gasteiger partial charge in [0.2, 0.25) is 5.91 Å². The van der Waals surface area contributed by atoms with Gasteiger partial charge in [-0.2, -0.15) is 10.2 Å². The van der Waals surface area contributed by atoms with E-state index in [0.29, 0.717) is 17.3 Å². The molecule has 2 amide bonds. The number of rotatable bonds is 4. The molecule has 1 aromatic carbocycles. The van der Waals surface area contributed by atoms with Crippen molar-refractivity contribution in [3.05, 3.63) is 47.7 Å². The number of hydrogen-bond donors (Lipinski definition) is 2. The molecular formula is C14H13N5O2S. The Hall–Kier alpha value is -2.48. The van der Waals surface area contributed by atoms with Crippen LogP contribution in [0.4, 0.5) is 0 Å². The summed E-state index contributed by atoms with van der Waals surface area (Å²) < 4.78 is 0. The lowest BCUT2D eigenvalue weighted by Crippen LogP contribution is -2.38. The molecule has 0 aromatic heterocycles. The van der Waals surface area contributed by atoms with Crippen LogP contribution in [-0.4, -0.2) is 28.9 Å². The van der Waals surface area contributed by atoms with Crippen LogP contribution in [0.15, 0.2) is 57.3 Å². The molecule has 22 heavy (non-hydrogen) atoms. The molecule has 1 aromatic rings. The van der Waals surface area contributed by atoms with E-state index in [2.05, 4.69) is 25.9 Å². The molecule has 0 saturated heterocycles. The van der Waals surface area contributed by atoms with Crippen molar-refractivity contribution >= 4 is 28.7 Å². The molecule has 2 aliphatic heterocycles. The van der Waals surface area contributed by atoms with Gasteiger partial charge in [0.05, 0.1) is 17.5 Å². The summed E-state index contributed by atoms with van der Waals surface area (Å²) in [6.45, 7) is 0.475. The Morgan fingerprint density at radius 2 is 2.14 bits per heavy atom. The van der Waals surface area contributed by atoms with E-state index >= 15 is 0 Å². The van der Waals surface area contributed by atoms with Crippen molar-refractivity contribution < 1.29 is 9.59 Å². The van der Waals surface area contributed by atoms with Crippen molar-refractivity contribution in [2.75, 3.05) is 5.75 Å². The summed E-state index contributed by atoms with van der Waals surface area (Å²) in [5.74, 6) is -0.216. The maximum Gasteiger partial charge on any atom is 0.258 e. The second-order valence-corrected chi connectivity index (χ2v) is 5.59. The van der Waals surface area contributed by atoms with Crippen LogP contribution in [0.3, 0.4) is 0 Å². The normalized spacial score (nSPS) is 19.1. The lowest BCUT2D eigenvalue weighted by atomic mass is 10.2. The van der Waals surface area contributed by atoms with Gasteiger partial charge < -0.3 is 10.6 Å². The van der Waals surface area contributed by atoms with Crippen LogP contribution in [0.1, 0.15) is 5.56 Å². The zero-order valence-electron chi connectivity index (χ0n) is 11.5. The summed E-state index contributed by atoms with van der Waals surface area (Å²) in [7, 11) is 0. The molecule has 0 radical (unpaired) electrons. The maximum atomic E-state index is 11.8. The monoisotopic (exact) mass is 315 g/mol. The van der Waals surface area contributed by atoms with Crippen molar-refractivity contribution in [3.63, 3.8) is 0 Å². The number of nitrogens with one attached hydrogen (secondary N) is 2. The smallest absolute Gasteiger partial charge is 0.258 e. The largest absolute Gasteiger partial charge is 0.351 e. The average Bonchev–Trinajstić information content (AvgIpc) is 3.01. The number of nitrogens with zero attached hydrogens (tertiary/aromatic N) is 3. The summed E-state index contributed by atoms with van der Waals surface area (Å²) in [5, 5.41) is 13.3. The van der Waals surface area contributed by atoms with Gasteiger partial charge in [-0.05, 0) is 5.56 Å². The molecule has 7 nitrogen and oxygen atoms in total. The van der Waals surface area contributed by atoms with E-state index in [-0.39, 0.29) is 17.6 Å². The molecule has 2 heterocycles. The highest BCUT2D eigenvalue weighted by molar-refractivity contribution is 8.14. The molecule has 1 unspecified atom stereocenters. The van der Waals surface area contributed by atoms with Crippen LogP contribution >= 0.6 is 11.8 Å². The van der Waals surface area contributed by atoms with Crippen molar-refractivity contribution in [1.29, 1.82) is 0 Å². The fraction of sp³-hybridized carbons (Fsp3) is 0.214. The Balaban J connectivity index is 1.48. The van der Waals surface area contributed by atoms with Crippen molar-refractivity contribution in [2.24, 2.45) is 15.2 Å². The first-order valence-corrected chi connectivity index (χ1v) is 7.63. The summed E-state index contributed by atoms with van der Waals surface area (Å²) in [5.41, 5.74) is 1.46. The standard InChI is InChI=1S/C14H13N5O2S/c20-11(15-6-9-4-2-1-3-5-9)8-22-14-17-12-10(7-16-19-12)13(21)18-14/h1-5,7,12H,6,8H2,(H,15,20)(H,17,18,21). The number of aliphatic imine (C=N–C) groups is 1. The first kappa shape index (κ1) is 14.5. The van der Waals surface area contributed by atoms with Gasteiger partial charge in [0.25, 0.3) is 5.91 Å². The van der Waals surface area contributed by atoms with E-state index < -0.39 is 6.17 Å². The van der Waals surface area contributed by atoms with Gasteiger partial charge in [0.15, 0.2) is 11.3 Å². The second kappa shape index (κ2) is 6.52. The van der Waals surface area contributed by atoms with Crippen molar-refractivity contribution in [2.45, 2.75) is 12.7 Å². The molecule has 2 aliphatic rings. The Morgan fingerprint density at radius 3 is 2.95 bits per heavy atom. The molecule has 2 N–H and O–H groups in total. The highest BCUT2D eigenvalue weighted by Crippen LogP contribution is 2.21. The molecule has 3 rings (SSSR count). The lowest BCUT2D eigenvalue weighted by molar-refractivity contribution is -0.119. The molecule has 8 heteroatoms. The van der Waals surface area contributed by atoms with E-state index in [1.165, 1.54) is 18.0 Å². The van der Waals surface area contributed by atoms with Gasteiger partial charge >= 0.3 is 0 Å². The molecule has 1 atom stereocenters. The molecular weight excluding hydrogens is 302 g/mol. The van der Waals surface area contributed by atoms with Crippen molar-refractivity contribution in [1.82, 2.24) is 10.6 Å². The number of amidine groups is 1. The highest BCUT2D eigenvalue weighted by atomic mass is 32.2. The van der Waals surface area contributed by atoms with E-state index in [1.807, 2.05) is 30.3 Å². The number of hydrogen-bond acceptors (Lipinski definition) is 6. The van der Waals surface area contributed by atoms with Gasteiger partial charge in [-0.1, -0.05) is 42.1 Å². The Morgan fingerprint density at radius 1 is 1.32 bits per heavy atom. The van der Waals surface area contributed by atoms with E-state index in [0.717, 1.165) is 5.56 Å². The summed E-state index contributed by atoms with van der Waals surface area (Å²) >= 11 is 1.17. The number of carbonyl (C=O) groups is 2. The number of azo groups is 1. The molecule has 0 saturated carbocycles. The minimum Gasteiger partial charge on any atom is -0.351 e. The van der Waals surface area contributed by atoms with Gasteiger partial charge in [-0.3, -0.25) is 9.59 Å². The number of carbonyl (C=O) groups excluding carboxylic acids is 2. The Kier molecular flexibility index (Phi) is 4.29. The van der Waals surface area contributed by atoms with E-state index in [9.17, 15) is 9.59 Å². The van der Waals surface area contributed by atoms with Crippen molar-refractivity contribution in [3.8, 4) is 0 Å². The van der Waals surface area contributed by atoms with Gasteiger partial charge in [0, 0.05) is 6.54 Å². The van der Waals surface area contributed by atoms with Crippen LogP contribution in [-0.2, 0) is 16.1 Å². The quantitative estimate of drug-likeness (QED) is 0.874. The van der Waals surface area contributed by atoms with Gasteiger partial charge in [-0.25, -0.2) is 4.99 Å². The zero-order chi connectivity index (χ0) is 15.4. The Bertz CT molecular complexity index is 684. The number of thioether (sulfide) groups is 1. The van der Waals surface area contributed by atoms with Gasteiger partial charge in [0.1, 0.15) is 0 Å². The molecule has 0 bridgehead atoms. The van der Waals surface area contributed by atoms with Crippen LogP contribution in [0.25, 0.3) is 0 Å². The topological polar surface area (TPSA) is 95.3 Å². The van der Waals surface area contributed by atoms with E-state index in [1.54, 1.807) is 0 Å². The first-order chi connectivity index (χ1) is 10.7. The third kappa shape index (κ3) is 3.40. The summed E-state index contributed by atoms with van der Waals surface area (Å²) in [6.07, 6.45) is 0.834.